The third-order valence-corrected chi connectivity index (χ3v) is 5.10. The highest BCUT2D eigenvalue weighted by Crippen LogP contribution is 2.18. The summed E-state index contributed by atoms with van der Waals surface area (Å²) in [6.07, 6.45) is 12.8. The fourth-order valence-electron chi connectivity index (χ4n) is 2.84. The molecule has 0 radical (unpaired) electrons. The summed E-state index contributed by atoms with van der Waals surface area (Å²) in [7, 11) is -4.11. The van der Waals surface area contributed by atoms with Crippen LogP contribution < -0.4 is 5.73 Å². The minimum absolute atomic E-state index is 0.0532. The van der Waals surface area contributed by atoms with Gasteiger partial charge in [0.15, 0.2) is 0 Å². The first-order valence-corrected chi connectivity index (χ1v) is 10.2. The summed E-state index contributed by atoms with van der Waals surface area (Å²) < 4.78 is 31.8. The number of unbranched alkanes of at least 4 members (excludes halogenated alkanes) is 9. The van der Waals surface area contributed by atoms with Gasteiger partial charge in [-0.05, 0) is 37.4 Å². The predicted octanol–water partition coefficient (Wildman–Crippen LogP) is 4.34. The van der Waals surface area contributed by atoms with Crippen molar-refractivity contribution in [1.29, 1.82) is 0 Å². The highest BCUT2D eigenvalue weighted by atomic mass is 32.2. The Morgan fingerprint density at radius 3 is 1.78 bits per heavy atom. The van der Waals surface area contributed by atoms with Crippen molar-refractivity contribution in [2.75, 3.05) is 6.54 Å². The molecule has 0 heterocycles. The second-order valence-electron chi connectivity index (χ2n) is 6.16. The minimum Gasteiger partial charge on any atom is -0.330 e. The van der Waals surface area contributed by atoms with Crippen LogP contribution in [0.15, 0.2) is 29.2 Å². The number of nitrogens with two attached hydrogens (primary N) is 1. The van der Waals surface area contributed by atoms with E-state index >= 15 is 0 Å². The molecule has 1 rings (SSSR count). The fourth-order valence-corrected chi connectivity index (χ4v) is 3.59. The smallest absolute Gasteiger partial charge is 0.294 e. The molecule has 0 saturated heterocycles. The summed E-state index contributed by atoms with van der Waals surface area (Å²) in [5.74, 6) is 0. The van der Waals surface area contributed by atoms with Crippen LogP contribution in [0.2, 0.25) is 0 Å². The lowest BCUT2D eigenvalue weighted by molar-refractivity contribution is 0.481. The molecule has 23 heavy (non-hydrogen) atoms. The van der Waals surface area contributed by atoms with Crippen LogP contribution in [0.1, 0.15) is 69.8 Å². The van der Waals surface area contributed by atoms with E-state index in [4.69, 9.17) is 5.73 Å². The Bertz CT molecular complexity index is 529. The van der Waals surface area contributed by atoms with E-state index in [1.807, 2.05) is 6.07 Å². The fraction of sp³-hybridized carbons (Fsp3) is 0.667. The summed E-state index contributed by atoms with van der Waals surface area (Å²) in [5, 5.41) is 0. The zero-order chi connectivity index (χ0) is 17.0. The van der Waals surface area contributed by atoms with Gasteiger partial charge in [-0.25, -0.2) is 0 Å². The Balaban J connectivity index is 2.10. The van der Waals surface area contributed by atoms with E-state index in [9.17, 15) is 13.0 Å². The number of hydrogen-bond donors (Lipinski definition) is 2. The van der Waals surface area contributed by atoms with E-state index in [0.717, 1.165) is 31.4 Å². The number of aryl methyl sites for hydroxylation is 1. The second-order valence-corrected chi connectivity index (χ2v) is 7.55. The van der Waals surface area contributed by atoms with Gasteiger partial charge in [0.05, 0.1) is 4.90 Å². The molecule has 4 nitrogen and oxygen atoms in total. The number of rotatable bonds is 13. The minimum atomic E-state index is -4.11. The molecule has 0 aliphatic rings. The van der Waals surface area contributed by atoms with Gasteiger partial charge in [-0.2, -0.15) is 8.42 Å². The quantitative estimate of drug-likeness (QED) is 0.413. The van der Waals surface area contributed by atoms with Gasteiger partial charge in [0, 0.05) is 0 Å². The van der Waals surface area contributed by atoms with Gasteiger partial charge in [0.25, 0.3) is 10.1 Å². The second kappa shape index (κ2) is 11.6. The lowest BCUT2D eigenvalue weighted by Crippen LogP contribution is -2.03. The van der Waals surface area contributed by atoms with Crippen molar-refractivity contribution >= 4 is 10.1 Å². The molecule has 5 heteroatoms. The molecule has 1 aromatic rings. The van der Waals surface area contributed by atoms with Crippen molar-refractivity contribution in [1.82, 2.24) is 0 Å². The molecule has 0 atom stereocenters. The van der Waals surface area contributed by atoms with Crippen LogP contribution in [0.25, 0.3) is 0 Å². The van der Waals surface area contributed by atoms with Crippen molar-refractivity contribution in [2.24, 2.45) is 5.73 Å². The third kappa shape index (κ3) is 9.08. The van der Waals surface area contributed by atoms with E-state index in [2.05, 4.69) is 0 Å². The first kappa shape index (κ1) is 20.1. The lowest BCUT2D eigenvalue weighted by atomic mass is 10.0. The molecule has 0 fully saturated rings. The molecular weight excluding hydrogens is 310 g/mol. The number of benzene rings is 1. The van der Waals surface area contributed by atoms with E-state index in [0.29, 0.717) is 6.42 Å². The van der Waals surface area contributed by atoms with Gasteiger partial charge in [-0.1, -0.05) is 69.6 Å². The standard InChI is InChI=1S/C18H31NO3S/c19-16-12-8-6-4-2-1-3-5-7-9-13-17-14-10-11-15-18(17)23(20,21)22/h10-11,14-15H,1-9,12-13,16,19H2,(H,20,21,22). The van der Waals surface area contributed by atoms with Gasteiger partial charge < -0.3 is 5.73 Å². The average Bonchev–Trinajstić information content (AvgIpc) is 2.52. The largest absolute Gasteiger partial charge is 0.330 e. The maximum absolute atomic E-state index is 11.3. The maximum Gasteiger partial charge on any atom is 0.294 e. The molecule has 0 aliphatic carbocycles. The molecule has 0 bridgehead atoms. The van der Waals surface area contributed by atoms with Crippen LogP contribution in [0.3, 0.4) is 0 Å². The SMILES string of the molecule is NCCCCCCCCCCCCc1ccccc1S(=O)(=O)O. The Morgan fingerprint density at radius 1 is 0.783 bits per heavy atom. The summed E-state index contributed by atoms with van der Waals surface area (Å²) in [6, 6.07) is 6.70. The van der Waals surface area contributed by atoms with Gasteiger partial charge in [0.2, 0.25) is 0 Å². The topological polar surface area (TPSA) is 80.4 Å². The van der Waals surface area contributed by atoms with Crippen LogP contribution >= 0.6 is 0 Å². The van der Waals surface area contributed by atoms with Crippen LogP contribution in [0, 0.1) is 0 Å². The van der Waals surface area contributed by atoms with E-state index in [1.165, 1.54) is 51.0 Å². The molecule has 3 N–H and O–H groups in total. The van der Waals surface area contributed by atoms with Crippen molar-refractivity contribution in [2.45, 2.75) is 75.5 Å². The summed E-state index contributed by atoms with van der Waals surface area (Å²) in [6.45, 7) is 0.806. The zero-order valence-electron chi connectivity index (χ0n) is 14.0. The molecule has 0 amide bonds. The molecule has 0 saturated carbocycles. The summed E-state index contributed by atoms with van der Waals surface area (Å²) in [4.78, 5) is 0.0532. The maximum atomic E-state index is 11.3. The first-order chi connectivity index (χ1) is 11.1. The summed E-state index contributed by atoms with van der Waals surface area (Å²) in [5.41, 5.74) is 6.18. The van der Waals surface area contributed by atoms with Gasteiger partial charge in [0.1, 0.15) is 0 Å². The normalized spacial score (nSPS) is 11.7. The Hall–Kier alpha value is -0.910. The monoisotopic (exact) mass is 341 g/mol. The van der Waals surface area contributed by atoms with Crippen molar-refractivity contribution in [3.8, 4) is 0 Å². The zero-order valence-corrected chi connectivity index (χ0v) is 14.9. The summed E-state index contributed by atoms with van der Waals surface area (Å²) >= 11 is 0. The predicted molar refractivity (Wildman–Crippen MR) is 95.2 cm³/mol. The first-order valence-electron chi connectivity index (χ1n) is 8.81. The molecule has 0 aliphatic heterocycles. The van der Waals surface area contributed by atoms with Crippen molar-refractivity contribution < 1.29 is 13.0 Å². The third-order valence-electron chi connectivity index (χ3n) is 4.15. The highest BCUT2D eigenvalue weighted by Gasteiger charge is 2.13. The lowest BCUT2D eigenvalue weighted by Gasteiger charge is -2.07. The van der Waals surface area contributed by atoms with E-state index < -0.39 is 10.1 Å². The van der Waals surface area contributed by atoms with Crippen LogP contribution in [0.4, 0.5) is 0 Å². The van der Waals surface area contributed by atoms with Crippen LogP contribution in [0.5, 0.6) is 0 Å². The van der Waals surface area contributed by atoms with Crippen molar-refractivity contribution in [3.05, 3.63) is 29.8 Å². The van der Waals surface area contributed by atoms with Crippen molar-refractivity contribution in [3.63, 3.8) is 0 Å². The molecule has 0 aromatic heterocycles. The average molecular weight is 342 g/mol. The number of hydrogen-bond acceptors (Lipinski definition) is 3. The molecule has 0 spiro atoms. The van der Waals surface area contributed by atoms with E-state index in [-0.39, 0.29) is 4.90 Å². The Kier molecular flexibility index (Phi) is 10.2. The van der Waals surface area contributed by atoms with E-state index in [1.54, 1.807) is 12.1 Å². The molecule has 132 valence electrons. The highest BCUT2D eigenvalue weighted by molar-refractivity contribution is 7.85. The molecule has 1 aromatic carbocycles. The Morgan fingerprint density at radius 2 is 1.26 bits per heavy atom. The Labute approximate surface area is 141 Å². The van der Waals surface area contributed by atoms with Gasteiger partial charge in [-0.15, -0.1) is 0 Å². The molecule has 0 unspecified atom stereocenters. The van der Waals surface area contributed by atoms with Crippen LogP contribution in [-0.2, 0) is 16.5 Å². The van der Waals surface area contributed by atoms with Crippen LogP contribution in [-0.4, -0.2) is 19.5 Å². The van der Waals surface area contributed by atoms with Gasteiger partial charge in [-0.3, -0.25) is 4.55 Å². The molecular formula is C18H31NO3S. The van der Waals surface area contributed by atoms with Gasteiger partial charge >= 0.3 is 0 Å².